The highest BCUT2D eigenvalue weighted by atomic mass is 79.9. The number of benzene rings is 1. The molecule has 82 valence electrons. The molecule has 0 spiro atoms. The predicted octanol–water partition coefficient (Wildman–Crippen LogP) is 5.08. The quantitative estimate of drug-likeness (QED) is 0.593. The summed E-state index contributed by atoms with van der Waals surface area (Å²) in [6, 6.07) is 7.28. The third-order valence-electron chi connectivity index (χ3n) is 1.83. The summed E-state index contributed by atoms with van der Waals surface area (Å²) >= 11 is 16.0. The summed E-state index contributed by atoms with van der Waals surface area (Å²) in [5.74, 6) is 0.607. The maximum atomic E-state index is 5.95. The van der Waals surface area contributed by atoms with Crippen molar-refractivity contribution in [2.24, 2.45) is 0 Å². The van der Waals surface area contributed by atoms with Gasteiger partial charge < -0.3 is 0 Å². The third-order valence-corrected chi connectivity index (χ3v) is 3.57. The van der Waals surface area contributed by atoms with Crippen molar-refractivity contribution in [1.82, 2.24) is 9.97 Å². The maximum absolute atomic E-state index is 5.95. The van der Waals surface area contributed by atoms with Gasteiger partial charge in [-0.15, -0.1) is 0 Å². The molecule has 2 nitrogen and oxygen atoms in total. The molecule has 6 heteroatoms. The molecule has 1 aromatic carbocycles. The minimum absolute atomic E-state index is 0.607. The number of hydrogen-bond donors (Lipinski definition) is 0. The molecule has 0 bridgehead atoms. The summed E-state index contributed by atoms with van der Waals surface area (Å²) in [7, 11) is 0. The van der Waals surface area contributed by atoms with E-state index in [1.54, 1.807) is 6.07 Å². The minimum atomic E-state index is 0.607. The Bertz CT molecular complexity index is 525. The highest BCUT2D eigenvalue weighted by Gasteiger charge is 2.08. The Morgan fingerprint density at radius 3 is 2.19 bits per heavy atom. The van der Waals surface area contributed by atoms with Gasteiger partial charge in [0.05, 0.1) is 0 Å². The molecular weight excluding hydrogens is 423 g/mol. The molecule has 2 aromatic rings. The highest BCUT2D eigenvalue weighted by molar-refractivity contribution is 9.11. The zero-order valence-corrected chi connectivity index (χ0v) is 13.2. The first kappa shape index (κ1) is 12.5. The molecule has 0 saturated heterocycles. The number of aromatic nitrogens is 2. The Balaban J connectivity index is 2.62. The Hall–Kier alpha value is 0.0300. The van der Waals surface area contributed by atoms with Crippen LogP contribution in [-0.4, -0.2) is 9.97 Å². The molecule has 0 aliphatic rings. The average Bonchev–Trinajstić information content (AvgIpc) is 2.20. The topological polar surface area (TPSA) is 25.8 Å². The summed E-state index contributed by atoms with van der Waals surface area (Å²) in [6.07, 6.45) is 0. The fourth-order valence-corrected chi connectivity index (χ4v) is 2.85. The van der Waals surface area contributed by atoms with Crippen LogP contribution in [0.25, 0.3) is 11.4 Å². The molecule has 0 N–H and O–H groups in total. The average molecular weight is 427 g/mol. The van der Waals surface area contributed by atoms with Crippen LogP contribution in [0.4, 0.5) is 0 Å². The van der Waals surface area contributed by atoms with Gasteiger partial charge in [-0.25, -0.2) is 9.97 Å². The van der Waals surface area contributed by atoms with E-state index in [9.17, 15) is 0 Å². The fourth-order valence-electron chi connectivity index (χ4n) is 1.18. The van der Waals surface area contributed by atoms with Crippen LogP contribution in [0.15, 0.2) is 37.9 Å². The molecule has 0 atom stereocenters. The van der Waals surface area contributed by atoms with E-state index in [1.807, 2.05) is 18.2 Å². The van der Waals surface area contributed by atoms with Crippen LogP contribution in [0.3, 0.4) is 0 Å². The van der Waals surface area contributed by atoms with E-state index in [1.165, 1.54) is 0 Å². The minimum Gasteiger partial charge on any atom is -0.221 e. The van der Waals surface area contributed by atoms with Crippen LogP contribution in [0.2, 0.25) is 5.02 Å². The van der Waals surface area contributed by atoms with Gasteiger partial charge in [0, 0.05) is 21.1 Å². The zero-order valence-electron chi connectivity index (χ0n) is 7.72. The Morgan fingerprint density at radius 2 is 1.56 bits per heavy atom. The molecule has 0 aliphatic carbocycles. The lowest BCUT2D eigenvalue weighted by atomic mass is 10.2. The largest absolute Gasteiger partial charge is 0.221 e. The number of rotatable bonds is 1. The SMILES string of the molecule is Clc1ccc(Br)c(-c2nc(Br)cc(Br)n2)c1. The van der Waals surface area contributed by atoms with E-state index in [0.717, 1.165) is 19.2 Å². The molecule has 0 aliphatic heterocycles. The van der Waals surface area contributed by atoms with Gasteiger partial charge in [-0.05, 0) is 50.1 Å². The van der Waals surface area contributed by atoms with Gasteiger partial charge in [0.25, 0.3) is 0 Å². The Kier molecular flexibility index (Phi) is 4.00. The molecule has 1 aromatic heterocycles. The number of nitrogens with zero attached hydrogens (tertiary/aromatic N) is 2. The molecule has 0 amide bonds. The van der Waals surface area contributed by atoms with Gasteiger partial charge in [-0.2, -0.15) is 0 Å². The summed E-state index contributed by atoms with van der Waals surface area (Å²) in [5.41, 5.74) is 0.856. The van der Waals surface area contributed by atoms with Crippen molar-refractivity contribution >= 4 is 59.4 Å². The summed E-state index contributed by atoms with van der Waals surface area (Å²) in [6.45, 7) is 0. The van der Waals surface area contributed by atoms with Gasteiger partial charge >= 0.3 is 0 Å². The summed E-state index contributed by atoms with van der Waals surface area (Å²) < 4.78 is 2.34. The van der Waals surface area contributed by atoms with Crippen molar-refractivity contribution < 1.29 is 0 Å². The van der Waals surface area contributed by atoms with Gasteiger partial charge in [0.2, 0.25) is 0 Å². The second-order valence-electron chi connectivity index (χ2n) is 2.96. The predicted molar refractivity (Wildman–Crippen MR) is 75.6 cm³/mol. The van der Waals surface area contributed by atoms with Crippen LogP contribution in [-0.2, 0) is 0 Å². The van der Waals surface area contributed by atoms with E-state index < -0.39 is 0 Å². The smallest absolute Gasteiger partial charge is 0.162 e. The molecule has 2 rings (SSSR count). The first-order valence-corrected chi connectivity index (χ1v) is 6.97. The van der Waals surface area contributed by atoms with Crippen molar-refractivity contribution in [2.75, 3.05) is 0 Å². The lowest BCUT2D eigenvalue weighted by Crippen LogP contribution is -1.91. The van der Waals surface area contributed by atoms with Crippen molar-refractivity contribution in [3.05, 3.63) is 43.0 Å². The van der Waals surface area contributed by atoms with Crippen LogP contribution >= 0.6 is 59.4 Å². The summed E-state index contributed by atoms with van der Waals surface area (Å²) in [5, 5.41) is 0.651. The summed E-state index contributed by atoms with van der Waals surface area (Å²) in [4.78, 5) is 8.59. The van der Waals surface area contributed by atoms with Crippen molar-refractivity contribution in [1.29, 1.82) is 0 Å². The third kappa shape index (κ3) is 2.83. The number of hydrogen-bond acceptors (Lipinski definition) is 2. The van der Waals surface area contributed by atoms with Crippen LogP contribution < -0.4 is 0 Å². The normalized spacial score (nSPS) is 10.5. The molecule has 0 unspecified atom stereocenters. The zero-order chi connectivity index (χ0) is 11.7. The first-order chi connectivity index (χ1) is 7.56. The van der Waals surface area contributed by atoms with Crippen LogP contribution in [0.1, 0.15) is 0 Å². The maximum Gasteiger partial charge on any atom is 0.162 e. The van der Waals surface area contributed by atoms with E-state index in [0.29, 0.717) is 10.8 Å². The van der Waals surface area contributed by atoms with Gasteiger partial charge in [-0.3, -0.25) is 0 Å². The first-order valence-electron chi connectivity index (χ1n) is 4.22. The lowest BCUT2D eigenvalue weighted by molar-refractivity contribution is 1.12. The molecule has 1 heterocycles. The number of halogens is 4. The second-order valence-corrected chi connectivity index (χ2v) is 5.88. The Morgan fingerprint density at radius 1 is 0.938 bits per heavy atom. The van der Waals surface area contributed by atoms with Gasteiger partial charge in [-0.1, -0.05) is 27.5 Å². The van der Waals surface area contributed by atoms with E-state index in [2.05, 4.69) is 57.8 Å². The molecule has 16 heavy (non-hydrogen) atoms. The van der Waals surface area contributed by atoms with E-state index >= 15 is 0 Å². The fraction of sp³-hybridized carbons (Fsp3) is 0. The van der Waals surface area contributed by atoms with E-state index in [4.69, 9.17) is 11.6 Å². The molecule has 0 radical (unpaired) electrons. The Labute approximate surface area is 123 Å². The van der Waals surface area contributed by atoms with Crippen molar-refractivity contribution in [2.45, 2.75) is 0 Å². The second kappa shape index (κ2) is 5.12. The van der Waals surface area contributed by atoms with Gasteiger partial charge in [0.15, 0.2) is 5.82 Å². The lowest BCUT2D eigenvalue weighted by Gasteiger charge is -2.04. The standard InChI is InChI=1S/C10H4Br3ClN2/c11-7-2-1-5(14)3-6(7)10-15-8(12)4-9(13)16-10/h1-4H. The van der Waals surface area contributed by atoms with Crippen LogP contribution in [0.5, 0.6) is 0 Å². The highest BCUT2D eigenvalue weighted by Crippen LogP contribution is 2.30. The molecule has 0 fully saturated rings. The van der Waals surface area contributed by atoms with Crippen molar-refractivity contribution in [3.8, 4) is 11.4 Å². The molecule has 0 saturated carbocycles. The van der Waals surface area contributed by atoms with E-state index in [-0.39, 0.29) is 0 Å². The molecular formula is C10H4Br3ClN2. The van der Waals surface area contributed by atoms with Gasteiger partial charge in [0.1, 0.15) is 9.21 Å². The monoisotopic (exact) mass is 424 g/mol. The van der Waals surface area contributed by atoms with Crippen molar-refractivity contribution in [3.63, 3.8) is 0 Å². The van der Waals surface area contributed by atoms with Crippen LogP contribution in [0, 0.1) is 0 Å².